The maximum Gasteiger partial charge on any atom is 0.230 e. The fourth-order valence-corrected chi connectivity index (χ4v) is 3.06. The summed E-state index contributed by atoms with van der Waals surface area (Å²) >= 11 is 0. The Hall–Kier alpha value is -1.68. The van der Waals surface area contributed by atoms with Gasteiger partial charge < -0.3 is 4.74 Å². The molecule has 0 amide bonds. The predicted molar refractivity (Wildman–Crippen MR) is 73.3 cm³/mol. The summed E-state index contributed by atoms with van der Waals surface area (Å²) in [5.41, 5.74) is 2.02. The summed E-state index contributed by atoms with van der Waals surface area (Å²) < 4.78 is 6.30. The summed E-state index contributed by atoms with van der Waals surface area (Å²) in [5, 5.41) is 0. The van der Waals surface area contributed by atoms with Crippen LogP contribution in [0.25, 0.3) is 0 Å². The van der Waals surface area contributed by atoms with Gasteiger partial charge in [0.25, 0.3) is 0 Å². The van der Waals surface area contributed by atoms with E-state index in [1.807, 2.05) is 60.7 Å². The number of hydrogen-bond donors (Lipinski definition) is 0. The van der Waals surface area contributed by atoms with Crippen LogP contribution in [0.3, 0.4) is 0 Å². The number of fused-ring (bicyclic) bond motifs is 2. The molecular weight excluding hydrogens is 252 g/mol. The zero-order chi connectivity index (χ0) is 13.5. The third kappa shape index (κ3) is 1.71. The van der Waals surface area contributed by atoms with Crippen LogP contribution in [0.2, 0.25) is 0 Å². The first-order valence-corrected chi connectivity index (χ1v) is 7.01. The average molecular weight is 268 g/mol. The Kier molecular flexibility index (Phi) is 2.67. The van der Waals surface area contributed by atoms with E-state index in [2.05, 4.69) is 0 Å². The number of hydrogen-bond acceptors (Lipinski definition) is 3. The molecule has 0 saturated carbocycles. The molecule has 3 heteroatoms. The zero-order valence-electron chi connectivity index (χ0n) is 11.1. The Morgan fingerprint density at radius 2 is 1.10 bits per heavy atom. The van der Waals surface area contributed by atoms with Gasteiger partial charge in [0, 0.05) is 24.0 Å². The highest BCUT2D eigenvalue weighted by atomic mass is 17.3. The van der Waals surface area contributed by atoms with E-state index in [0.29, 0.717) is 0 Å². The minimum Gasteiger partial charge on any atom is -0.304 e. The lowest BCUT2D eigenvalue weighted by Crippen LogP contribution is -2.37. The first-order chi connectivity index (χ1) is 9.83. The molecule has 102 valence electrons. The van der Waals surface area contributed by atoms with Gasteiger partial charge in [-0.1, -0.05) is 60.7 Å². The van der Waals surface area contributed by atoms with Crippen molar-refractivity contribution >= 4 is 0 Å². The van der Waals surface area contributed by atoms with Gasteiger partial charge in [-0.05, 0) is 6.42 Å². The molecule has 0 N–H and O–H groups in total. The second kappa shape index (κ2) is 4.42. The van der Waals surface area contributed by atoms with Crippen LogP contribution in [0.5, 0.6) is 0 Å². The number of rotatable bonds is 2. The Bertz CT molecular complexity index is 545. The summed E-state index contributed by atoms with van der Waals surface area (Å²) in [6.07, 6.45) is 2.63. The molecule has 3 nitrogen and oxygen atoms in total. The van der Waals surface area contributed by atoms with Gasteiger partial charge in [0.15, 0.2) is 0 Å². The van der Waals surface area contributed by atoms with Crippen molar-refractivity contribution in [3.05, 3.63) is 71.8 Å². The van der Waals surface area contributed by atoms with Crippen molar-refractivity contribution in [1.82, 2.24) is 0 Å². The van der Waals surface area contributed by atoms with Crippen molar-refractivity contribution in [1.29, 1.82) is 0 Å². The van der Waals surface area contributed by atoms with Crippen LogP contribution in [0, 0.1) is 0 Å². The molecule has 4 rings (SSSR count). The van der Waals surface area contributed by atoms with Crippen molar-refractivity contribution in [3.8, 4) is 0 Å². The van der Waals surface area contributed by atoms with Gasteiger partial charge in [-0.2, -0.15) is 9.78 Å². The number of ether oxygens (including phenoxy) is 1. The van der Waals surface area contributed by atoms with Crippen molar-refractivity contribution in [2.45, 2.75) is 30.8 Å². The minimum atomic E-state index is -0.769. The molecule has 2 aromatic rings. The topological polar surface area (TPSA) is 27.7 Å². The van der Waals surface area contributed by atoms with E-state index in [-0.39, 0.29) is 0 Å². The summed E-state index contributed by atoms with van der Waals surface area (Å²) in [5.74, 6) is -1.54. The Labute approximate surface area is 118 Å². The molecule has 2 unspecified atom stereocenters. The van der Waals surface area contributed by atoms with E-state index in [0.717, 1.165) is 30.4 Å². The highest BCUT2D eigenvalue weighted by molar-refractivity contribution is 5.26. The second-order valence-electron chi connectivity index (χ2n) is 5.36. The van der Waals surface area contributed by atoms with Crippen molar-refractivity contribution in [2.24, 2.45) is 0 Å². The molecule has 2 aliphatic heterocycles. The first-order valence-electron chi connectivity index (χ1n) is 7.01. The van der Waals surface area contributed by atoms with Crippen LogP contribution in [0.15, 0.2) is 60.7 Å². The monoisotopic (exact) mass is 268 g/mol. The second-order valence-corrected chi connectivity index (χ2v) is 5.36. The maximum absolute atomic E-state index is 6.30. The van der Waals surface area contributed by atoms with Crippen molar-refractivity contribution in [3.63, 3.8) is 0 Å². The standard InChI is InChI=1S/C17H16O3/c1-3-8-14(9-4-1)16-12-7-13-17(18-16,20-19-16)15-10-5-2-6-11-15/h1-6,8-11H,7,12-13H2. The van der Waals surface area contributed by atoms with E-state index in [4.69, 9.17) is 14.5 Å². The van der Waals surface area contributed by atoms with Crippen molar-refractivity contribution < 1.29 is 14.5 Å². The van der Waals surface area contributed by atoms with E-state index in [1.165, 1.54) is 0 Å². The van der Waals surface area contributed by atoms with Gasteiger partial charge >= 0.3 is 0 Å². The maximum atomic E-state index is 6.30. The molecule has 2 aromatic carbocycles. The molecule has 2 saturated heterocycles. The summed E-state index contributed by atoms with van der Waals surface area (Å²) in [6.45, 7) is 0. The molecular formula is C17H16O3. The summed E-state index contributed by atoms with van der Waals surface area (Å²) in [7, 11) is 0. The van der Waals surface area contributed by atoms with Crippen LogP contribution < -0.4 is 0 Å². The minimum absolute atomic E-state index is 0.769. The highest BCUT2D eigenvalue weighted by Crippen LogP contribution is 2.54. The highest BCUT2D eigenvalue weighted by Gasteiger charge is 2.57. The molecule has 0 radical (unpaired) electrons. The van der Waals surface area contributed by atoms with E-state index < -0.39 is 11.6 Å². The summed E-state index contributed by atoms with van der Waals surface area (Å²) in [6, 6.07) is 20.0. The molecule has 0 spiro atoms. The van der Waals surface area contributed by atoms with E-state index in [9.17, 15) is 0 Å². The predicted octanol–water partition coefficient (Wildman–Crippen LogP) is 3.85. The summed E-state index contributed by atoms with van der Waals surface area (Å²) in [4.78, 5) is 11.4. The van der Waals surface area contributed by atoms with Gasteiger partial charge in [0.05, 0.1) is 0 Å². The largest absolute Gasteiger partial charge is 0.304 e. The van der Waals surface area contributed by atoms with Gasteiger partial charge in [-0.25, -0.2) is 0 Å². The number of benzene rings is 2. The Balaban J connectivity index is 1.74. The molecule has 2 heterocycles. The zero-order valence-corrected chi connectivity index (χ0v) is 11.1. The van der Waals surface area contributed by atoms with Crippen LogP contribution in [0.1, 0.15) is 30.4 Å². The lowest BCUT2D eigenvalue weighted by molar-refractivity contribution is -0.351. The average Bonchev–Trinajstić information content (AvgIpc) is 2.82. The van der Waals surface area contributed by atoms with E-state index >= 15 is 0 Å². The molecule has 0 aromatic heterocycles. The Morgan fingerprint density at radius 3 is 1.55 bits per heavy atom. The molecule has 2 bridgehead atoms. The quantitative estimate of drug-likeness (QED) is 0.774. The fraction of sp³-hybridized carbons (Fsp3) is 0.294. The fourth-order valence-electron chi connectivity index (χ4n) is 3.06. The van der Waals surface area contributed by atoms with Crippen LogP contribution in [-0.2, 0) is 26.1 Å². The van der Waals surface area contributed by atoms with Crippen molar-refractivity contribution in [2.75, 3.05) is 0 Å². The third-order valence-electron chi connectivity index (χ3n) is 4.08. The first kappa shape index (κ1) is 12.1. The van der Waals surface area contributed by atoms with Gasteiger partial charge in [-0.15, -0.1) is 0 Å². The lowest BCUT2D eigenvalue weighted by atomic mass is 9.91. The lowest BCUT2D eigenvalue weighted by Gasteiger charge is -2.34. The third-order valence-corrected chi connectivity index (χ3v) is 4.08. The SMILES string of the molecule is c1ccc(C23CCCC(c4ccccc4)(OO2)O3)cc1. The molecule has 20 heavy (non-hydrogen) atoms. The van der Waals surface area contributed by atoms with Crippen LogP contribution in [0.4, 0.5) is 0 Å². The van der Waals surface area contributed by atoms with E-state index in [1.54, 1.807) is 0 Å². The molecule has 0 aliphatic carbocycles. The van der Waals surface area contributed by atoms with Gasteiger partial charge in [0.1, 0.15) is 0 Å². The smallest absolute Gasteiger partial charge is 0.230 e. The normalized spacial score (nSPS) is 32.2. The van der Waals surface area contributed by atoms with Gasteiger partial charge in [-0.3, -0.25) is 0 Å². The van der Waals surface area contributed by atoms with Gasteiger partial charge in [0.2, 0.25) is 11.6 Å². The molecule has 2 fully saturated rings. The van der Waals surface area contributed by atoms with Crippen LogP contribution >= 0.6 is 0 Å². The van der Waals surface area contributed by atoms with Crippen LogP contribution in [-0.4, -0.2) is 0 Å². The Morgan fingerprint density at radius 1 is 0.650 bits per heavy atom. The molecule has 2 aliphatic rings. The molecule has 2 atom stereocenters.